The highest BCUT2D eigenvalue weighted by molar-refractivity contribution is 9.10. The van der Waals surface area contributed by atoms with E-state index in [9.17, 15) is 14.0 Å². The molecule has 2 aliphatic rings. The van der Waals surface area contributed by atoms with E-state index >= 15 is 0 Å². The second-order valence-electron chi connectivity index (χ2n) is 7.52. The number of carbonyl (C=O) groups excluding carboxylic acids is 2. The molecule has 0 bridgehead atoms. The van der Waals surface area contributed by atoms with Crippen molar-refractivity contribution in [3.05, 3.63) is 46.5 Å². The Morgan fingerprint density at radius 2 is 1.87 bits per heavy atom. The van der Waals surface area contributed by atoms with Gasteiger partial charge in [0.1, 0.15) is 12.2 Å². The molecule has 2 aliphatic heterocycles. The molecule has 0 spiro atoms. The van der Waals surface area contributed by atoms with Crippen LogP contribution >= 0.6 is 15.9 Å². The van der Waals surface area contributed by atoms with E-state index in [1.807, 2.05) is 12.1 Å². The van der Waals surface area contributed by atoms with Crippen molar-refractivity contribution in [2.24, 2.45) is 0 Å². The van der Waals surface area contributed by atoms with Crippen molar-refractivity contribution in [2.75, 3.05) is 39.4 Å². The minimum absolute atomic E-state index is 0.0213. The van der Waals surface area contributed by atoms with Crippen LogP contribution in [0.4, 0.5) is 4.39 Å². The number of aromatic nitrogens is 5. The lowest BCUT2D eigenvalue weighted by molar-refractivity contribution is 0.0533. The van der Waals surface area contributed by atoms with Crippen LogP contribution in [0.15, 0.2) is 35.2 Å². The van der Waals surface area contributed by atoms with Crippen molar-refractivity contribution in [3.8, 4) is 0 Å². The minimum atomic E-state index is -1.17. The van der Waals surface area contributed by atoms with Gasteiger partial charge < -0.3 is 14.5 Å². The first-order chi connectivity index (χ1) is 15.0. The Bertz CT molecular complexity index is 1140. The summed E-state index contributed by atoms with van der Waals surface area (Å²) < 4.78 is 22.8. The fourth-order valence-corrected chi connectivity index (χ4v) is 4.20. The number of carbonyl (C=O) groups is 2. The van der Waals surface area contributed by atoms with Crippen LogP contribution in [0.3, 0.4) is 0 Å². The lowest BCUT2D eigenvalue weighted by atomic mass is 10.2. The van der Waals surface area contributed by atoms with E-state index in [0.29, 0.717) is 31.7 Å². The van der Waals surface area contributed by atoms with Gasteiger partial charge in [-0.25, -0.2) is 13.6 Å². The number of fused-ring (bicyclic) bond motifs is 1. The van der Waals surface area contributed by atoms with E-state index in [2.05, 4.69) is 31.3 Å². The van der Waals surface area contributed by atoms with E-state index in [0.717, 1.165) is 9.99 Å². The first kappa shape index (κ1) is 20.1. The van der Waals surface area contributed by atoms with Gasteiger partial charge in [-0.15, -0.1) is 5.10 Å². The molecule has 31 heavy (non-hydrogen) atoms. The monoisotopic (exact) mass is 491 g/mol. The number of nitrogens with zero attached hydrogens (tertiary/aromatic N) is 7. The van der Waals surface area contributed by atoms with Crippen LogP contribution in [-0.2, 0) is 4.74 Å². The standard InChI is InChI=1S/C19H19BrFN7O3/c20-12-1-2-27-16(7-12)13(8-22-27)18(29)25-3-5-26(6-4-25)19(30)15-9-28(24-23-15)17-11-31-10-14(17)21/h1-2,7-9,14,17H,3-6,10-11H2/t14-,17+/m1/s1. The number of rotatable bonds is 3. The molecule has 2 amide bonds. The van der Waals surface area contributed by atoms with E-state index in [1.165, 1.54) is 10.9 Å². The molecule has 2 fully saturated rings. The number of ether oxygens (including phenoxy) is 1. The summed E-state index contributed by atoms with van der Waals surface area (Å²) in [6, 6.07) is 3.14. The van der Waals surface area contributed by atoms with Crippen LogP contribution in [0.5, 0.6) is 0 Å². The second-order valence-corrected chi connectivity index (χ2v) is 8.44. The summed E-state index contributed by atoms with van der Waals surface area (Å²) in [6.07, 6.45) is 3.63. The van der Waals surface area contributed by atoms with Crippen LogP contribution in [0.25, 0.3) is 5.52 Å². The Kier molecular flexibility index (Phi) is 5.18. The highest BCUT2D eigenvalue weighted by Gasteiger charge is 2.32. The number of hydrogen-bond acceptors (Lipinski definition) is 6. The summed E-state index contributed by atoms with van der Waals surface area (Å²) in [5.41, 5.74) is 1.39. The molecule has 0 aromatic carbocycles. The molecule has 12 heteroatoms. The van der Waals surface area contributed by atoms with E-state index in [4.69, 9.17) is 4.74 Å². The SMILES string of the molecule is O=C(c1cn([C@H]2COC[C@H]2F)nn1)N1CCN(C(=O)c2cnn3ccc(Br)cc23)CC1. The summed E-state index contributed by atoms with van der Waals surface area (Å²) in [7, 11) is 0. The van der Waals surface area contributed by atoms with E-state index < -0.39 is 12.2 Å². The topological polar surface area (TPSA) is 97.9 Å². The van der Waals surface area contributed by atoms with Crippen LogP contribution in [0, 0.1) is 0 Å². The predicted octanol–water partition coefficient (Wildman–Crippen LogP) is 1.20. The zero-order chi connectivity index (χ0) is 21.5. The maximum atomic E-state index is 13.8. The Labute approximate surface area is 184 Å². The highest BCUT2D eigenvalue weighted by atomic mass is 79.9. The smallest absolute Gasteiger partial charge is 0.276 e. The van der Waals surface area contributed by atoms with Crippen molar-refractivity contribution in [3.63, 3.8) is 0 Å². The first-order valence-corrected chi connectivity index (χ1v) is 10.7. The number of halogens is 2. The zero-order valence-corrected chi connectivity index (χ0v) is 18.0. The molecule has 3 aromatic rings. The van der Waals surface area contributed by atoms with Crippen molar-refractivity contribution in [1.29, 1.82) is 0 Å². The maximum absolute atomic E-state index is 13.8. The predicted molar refractivity (Wildman–Crippen MR) is 109 cm³/mol. The molecule has 3 aromatic heterocycles. The molecule has 5 heterocycles. The summed E-state index contributed by atoms with van der Waals surface area (Å²) in [6.45, 7) is 1.77. The zero-order valence-electron chi connectivity index (χ0n) is 16.4. The number of piperazine rings is 1. The largest absolute Gasteiger partial charge is 0.376 e. The van der Waals surface area contributed by atoms with Gasteiger partial charge in [-0.05, 0) is 12.1 Å². The third-order valence-electron chi connectivity index (χ3n) is 5.62. The van der Waals surface area contributed by atoms with Crippen LogP contribution < -0.4 is 0 Å². The van der Waals surface area contributed by atoms with Crippen LogP contribution in [0.2, 0.25) is 0 Å². The minimum Gasteiger partial charge on any atom is -0.376 e. The number of amides is 2. The normalized spacial score (nSPS) is 21.7. The Morgan fingerprint density at radius 1 is 1.13 bits per heavy atom. The van der Waals surface area contributed by atoms with Gasteiger partial charge in [0.25, 0.3) is 11.8 Å². The fraction of sp³-hybridized carbons (Fsp3) is 0.421. The summed E-state index contributed by atoms with van der Waals surface area (Å²) in [5, 5.41) is 12.0. The fourth-order valence-electron chi connectivity index (χ4n) is 3.86. The number of pyridine rings is 1. The second kappa shape index (κ2) is 8.00. The van der Waals surface area contributed by atoms with E-state index in [1.54, 1.807) is 26.7 Å². The van der Waals surface area contributed by atoms with Crippen LogP contribution in [-0.4, -0.2) is 91.8 Å². The third kappa shape index (κ3) is 3.69. The summed E-state index contributed by atoms with van der Waals surface area (Å²) in [4.78, 5) is 29.1. The lowest BCUT2D eigenvalue weighted by Crippen LogP contribution is -2.50. The maximum Gasteiger partial charge on any atom is 0.276 e. The molecule has 0 aliphatic carbocycles. The highest BCUT2D eigenvalue weighted by Crippen LogP contribution is 2.22. The van der Waals surface area contributed by atoms with E-state index in [-0.39, 0.29) is 30.7 Å². The Hall–Kier alpha value is -2.86. The molecule has 0 radical (unpaired) electrons. The molecule has 10 nitrogen and oxygen atoms in total. The molecule has 162 valence electrons. The van der Waals surface area contributed by atoms with Gasteiger partial charge in [0, 0.05) is 36.8 Å². The molecule has 0 N–H and O–H groups in total. The quantitative estimate of drug-likeness (QED) is 0.545. The Morgan fingerprint density at radius 3 is 2.58 bits per heavy atom. The van der Waals surface area contributed by atoms with Gasteiger partial charge in [-0.3, -0.25) is 9.59 Å². The molecule has 2 saturated heterocycles. The molecular formula is C19H19BrFN7O3. The van der Waals surface area contributed by atoms with Gasteiger partial charge in [0.15, 0.2) is 5.69 Å². The molecule has 0 saturated carbocycles. The average molecular weight is 492 g/mol. The third-order valence-corrected chi connectivity index (χ3v) is 6.11. The summed E-state index contributed by atoms with van der Waals surface area (Å²) in [5.74, 6) is -0.408. The molecule has 5 rings (SSSR count). The average Bonchev–Trinajstić information content (AvgIpc) is 3.52. The van der Waals surface area contributed by atoms with Gasteiger partial charge in [0.2, 0.25) is 0 Å². The van der Waals surface area contributed by atoms with Crippen molar-refractivity contribution < 1.29 is 18.7 Å². The molecule has 0 unspecified atom stereocenters. The van der Waals surface area contributed by atoms with Gasteiger partial charge in [0.05, 0.1) is 36.7 Å². The lowest BCUT2D eigenvalue weighted by Gasteiger charge is -2.34. The number of alkyl halides is 1. The molecule has 2 atom stereocenters. The number of hydrogen-bond donors (Lipinski definition) is 0. The van der Waals surface area contributed by atoms with Gasteiger partial charge in [-0.2, -0.15) is 5.10 Å². The summed E-state index contributed by atoms with van der Waals surface area (Å²) >= 11 is 3.42. The van der Waals surface area contributed by atoms with Crippen molar-refractivity contribution in [2.45, 2.75) is 12.2 Å². The first-order valence-electron chi connectivity index (χ1n) is 9.86. The van der Waals surface area contributed by atoms with Gasteiger partial charge in [-0.1, -0.05) is 21.1 Å². The van der Waals surface area contributed by atoms with Crippen molar-refractivity contribution in [1.82, 2.24) is 34.4 Å². The Balaban J connectivity index is 1.24. The van der Waals surface area contributed by atoms with Crippen molar-refractivity contribution >= 4 is 33.3 Å². The van der Waals surface area contributed by atoms with Crippen LogP contribution in [0.1, 0.15) is 26.9 Å². The molecular weight excluding hydrogens is 473 g/mol. The van der Waals surface area contributed by atoms with Gasteiger partial charge >= 0.3 is 0 Å².